The van der Waals surface area contributed by atoms with Gasteiger partial charge in [-0.1, -0.05) is 36.4 Å². The normalized spacial score (nSPS) is 11.9. The molecule has 0 radical (unpaired) electrons. The second-order valence-corrected chi connectivity index (χ2v) is 5.55. The molecule has 122 valence electrons. The number of para-hydroxylation sites is 1. The Labute approximate surface area is 139 Å². The number of nitrogens with zero attached hydrogens (tertiary/aromatic N) is 1. The van der Waals surface area contributed by atoms with Crippen LogP contribution in [-0.4, -0.2) is 16.1 Å². The van der Waals surface area contributed by atoms with Crippen molar-refractivity contribution in [1.82, 2.24) is 10.5 Å². The molecule has 0 bridgehead atoms. The molecule has 1 unspecified atom stereocenters. The van der Waals surface area contributed by atoms with E-state index in [-0.39, 0.29) is 0 Å². The summed E-state index contributed by atoms with van der Waals surface area (Å²) in [4.78, 5) is 16.0. The van der Waals surface area contributed by atoms with Crippen LogP contribution in [0.5, 0.6) is 5.75 Å². The van der Waals surface area contributed by atoms with Gasteiger partial charge in [-0.25, -0.2) is 10.5 Å². The summed E-state index contributed by atoms with van der Waals surface area (Å²) in [5.74, 6) is -0.166. The lowest BCUT2D eigenvalue weighted by Gasteiger charge is -2.11. The van der Waals surface area contributed by atoms with Crippen molar-refractivity contribution in [1.29, 1.82) is 0 Å². The number of pyridine rings is 1. The highest BCUT2D eigenvalue weighted by molar-refractivity contribution is 5.82. The van der Waals surface area contributed by atoms with Gasteiger partial charge in [0, 0.05) is 5.39 Å². The van der Waals surface area contributed by atoms with Crippen LogP contribution in [0.3, 0.4) is 0 Å². The molecule has 0 aliphatic carbocycles. The topological polar surface area (TPSA) is 71.5 Å². The Morgan fingerprint density at radius 3 is 2.62 bits per heavy atom. The predicted octanol–water partition coefficient (Wildman–Crippen LogP) is 3.42. The van der Waals surface area contributed by atoms with Crippen LogP contribution in [0.2, 0.25) is 0 Å². The highest BCUT2D eigenvalue weighted by Gasteiger charge is 2.14. The molecule has 24 heavy (non-hydrogen) atoms. The Morgan fingerprint density at radius 2 is 1.88 bits per heavy atom. The molecule has 5 nitrogen and oxygen atoms in total. The summed E-state index contributed by atoms with van der Waals surface area (Å²) >= 11 is 0. The molecule has 0 spiro atoms. The van der Waals surface area contributed by atoms with Crippen molar-refractivity contribution >= 4 is 16.8 Å². The smallest absolute Gasteiger partial charge is 0.250 e. The summed E-state index contributed by atoms with van der Waals surface area (Å²) in [5, 5.41) is 9.77. The van der Waals surface area contributed by atoms with Crippen molar-refractivity contribution in [3.8, 4) is 5.75 Å². The summed E-state index contributed by atoms with van der Waals surface area (Å²) in [7, 11) is 0. The van der Waals surface area contributed by atoms with Gasteiger partial charge in [0.15, 0.2) is 0 Å². The third-order valence-corrected chi connectivity index (χ3v) is 3.93. The molecule has 1 heterocycles. The van der Waals surface area contributed by atoms with Crippen LogP contribution < -0.4 is 10.2 Å². The van der Waals surface area contributed by atoms with E-state index in [2.05, 4.69) is 4.98 Å². The molecule has 0 aliphatic rings. The number of hydrogen-bond donors (Lipinski definition) is 2. The van der Waals surface area contributed by atoms with Crippen molar-refractivity contribution in [2.75, 3.05) is 0 Å². The molecule has 0 saturated carbocycles. The molecule has 2 N–H and O–H groups in total. The first kappa shape index (κ1) is 16.0. The summed E-state index contributed by atoms with van der Waals surface area (Å²) < 4.78 is 5.75. The molecule has 1 amide bonds. The second kappa shape index (κ2) is 7.10. The number of fused-ring (bicyclic) bond motifs is 1. The minimum absolute atomic E-state index is 0.372. The Morgan fingerprint density at radius 1 is 1.12 bits per heavy atom. The lowest BCUT2D eigenvalue weighted by Crippen LogP contribution is -2.24. The van der Waals surface area contributed by atoms with Crippen LogP contribution in [0.4, 0.5) is 0 Å². The summed E-state index contributed by atoms with van der Waals surface area (Å²) in [6.07, 6.45) is 0. The van der Waals surface area contributed by atoms with Crippen molar-refractivity contribution in [2.24, 2.45) is 0 Å². The number of carbonyl (C=O) groups excluding carboxylic acids is 1. The zero-order valence-corrected chi connectivity index (χ0v) is 13.3. The maximum absolute atomic E-state index is 11.4. The van der Waals surface area contributed by atoms with Crippen LogP contribution in [0.25, 0.3) is 10.9 Å². The molecule has 0 fully saturated rings. The average Bonchev–Trinajstić information content (AvgIpc) is 2.65. The first-order chi connectivity index (χ1) is 11.7. The lowest BCUT2D eigenvalue weighted by molar-refractivity contribution is -0.130. The molecule has 1 atom stereocenters. The van der Waals surface area contributed by atoms with Gasteiger partial charge in [0.05, 0.1) is 17.1 Å². The Bertz CT molecular complexity index is 847. The minimum atomic E-state index is -0.441. The maximum Gasteiger partial charge on any atom is 0.250 e. The van der Waals surface area contributed by atoms with Gasteiger partial charge < -0.3 is 4.74 Å². The van der Waals surface area contributed by atoms with Gasteiger partial charge in [-0.3, -0.25) is 10.0 Å². The molecule has 1 aromatic heterocycles. The van der Waals surface area contributed by atoms with Gasteiger partial charge in [-0.05, 0) is 36.8 Å². The third-order valence-electron chi connectivity index (χ3n) is 3.93. The van der Waals surface area contributed by atoms with E-state index in [1.165, 1.54) is 0 Å². The zero-order chi connectivity index (χ0) is 16.9. The fourth-order valence-corrected chi connectivity index (χ4v) is 2.45. The number of benzene rings is 2. The lowest BCUT2D eigenvalue weighted by atomic mass is 10.0. The van der Waals surface area contributed by atoms with Gasteiger partial charge in [-0.15, -0.1) is 0 Å². The number of aromatic nitrogens is 1. The highest BCUT2D eigenvalue weighted by atomic mass is 16.5. The van der Waals surface area contributed by atoms with Crippen LogP contribution in [-0.2, 0) is 11.4 Å². The zero-order valence-electron chi connectivity index (χ0n) is 13.3. The second-order valence-electron chi connectivity index (χ2n) is 5.55. The molecular weight excluding hydrogens is 304 g/mol. The Balaban J connectivity index is 1.66. The van der Waals surface area contributed by atoms with Crippen LogP contribution in [0.15, 0.2) is 60.7 Å². The van der Waals surface area contributed by atoms with Gasteiger partial charge >= 0.3 is 0 Å². The maximum atomic E-state index is 11.4. The van der Waals surface area contributed by atoms with Gasteiger partial charge in [0.1, 0.15) is 12.4 Å². The minimum Gasteiger partial charge on any atom is -0.487 e. The number of ether oxygens (including phenoxy) is 1. The van der Waals surface area contributed by atoms with Crippen molar-refractivity contribution in [2.45, 2.75) is 19.4 Å². The highest BCUT2D eigenvalue weighted by Crippen LogP contribution is 2.20. The fraction of sp³-hybridized carbons (Fsp3) is 0.158. The van der Waals surface area contributed by atoms with E-state index >= 15 is 0 Å². The number of hydrogen-bond acceptors (Lipinski definition) is 4. The molecule has 3 rings (SSSR count). The Kier molecular flexibility index (Phi) is 4.72. The molecule has 0 saturated heterocycles. The number of amides is 1. The van der Waals surface area contributed by atoms with Crippen molar-refractivity contribution < 1.29 is 14.7 Å². The van der Waals surface area contributed by atoms with Gasteiger partial charge in [0.25, 0.3) is 5.91 Å². The van der Waals surface area contributed by atoms with Gasteiger partial charge in [-0.2, -0.15) is 0 Å². The fourth-order valence-electron chi connectivity index (χ4n) is 2.45. The summed E-state index contributed by atoms with van der Waals surface area (Å²) in [6, 6.07) is 19.1. The largest absolute Gasteiger partial charge is 0.487 e. The van der Waals surface area contributed by atoms with E-state index in [1.807, 2.05) is 48.5 Å². The van der Waals surface area contributed by atoms with Crippen molar-refractivity contribution in [3.05, 3.63) is 71.9 Å². The number of hydroxylamine groups is 1. The third kappa shape index (κ3) is 3.52. The summed E-state index contributed by atoms with van der Waals surface area (Å²) in [5.41, 5.74) is 4.26. The van der Waals surface area contributed by atoms with Gasteiger partial charge in [0.2, 0.25) is 0 Å². The van der Waals surface area contributed by atoms with E-state index in [0.29, 0.717) is 12.4 Å². The Hall–Kier alpha value is -2.92. The first-order valence-corrected chi connectivity index (χ1v) is 7.69. The molecule has 0 aliphatic heterocycles. The summed E-state index contributed by atoms with van der Waals surface area (Å²) in [6.45, 7) is 2.09. The van der Waals surface area contributed by atoms with Crippen LogP contribution >= 0.6 is 0 Å². The van der Waals surface area contributed by atoms with E-state index in [4.69, 9.17) is 9.94 Å². The monoisotopic (exact) mass is 322 g/mol. The van der Waals surface area contributed by atoms with E-state index in [1.54, 1.807) is 24.5 Å². The molecule has 5 heteroatoms. The predicted molar refractivity (Wildman–Crippen MR) is 90.9 cm³/mol. The van der Waals surface area contributed by atoms with E-state index in [0.717, 1.165) is 22.2 Å². The first-order valence-electron chi connectivity index (χ1n) is 7.69. The number of nitrogens with one attached hydrogen (secondary N) is 1. The number of carbonyl (C=O) groups is 1. The quantitative estimate of drug-likeness (QED) is 0.558. The molecule has 2 aromatic carbocycles. The van der Waals surface area contributed by atoms with Crippen LogP contribution in [0.1, 0.15) is 24.1 Å². The van der Waals surface area contributed by atoms with Crippen LogP contribution in [0, 0.1) is 0 Å². The molecule has 3 aromatic rings. The standard InChI is InChI=1S/C19H18N2O3/c1-13(19(22)21-23)14-7-10-17(11-8-14)24-12-16-9-6-15-4-2-3-5-18(15)20-16/h2-11,13,23H,12H2,1H3,(H,21,22). The average molecular weight is 322 g/mol. The van der Waals surface area contributed by atoms with Crippen molar-refractivity contribution in [3.63, 3.8) is 0 Å². The van der Waals surface area contributed by atoms with E-state index < -0.39 is 11.8 Å². The van der Waals surface area contributed by atoms with E-state index in [9.17, 15) is 4.79 Å². The number of rotatable bonds is 5. The molecular formula is C19H18N2O3. The SMILES string of the molecule is CC(C(=O)NO)c1ccc(OCc2ccc3ccccc3n2)cc1.